The van der Waals surface area contributed by atoms with E-state index in [0.717, 1.165) is 34.9 Å². The van der Waals surface area contributed by atoms with Gasteiger partial charge >= 0.3 is 0 Å². The van der Waals surface area contributed by atoms with E-state index in [1.54, 1.807) is 0 Å². The first kappa shape index (κ1) is 38.1. The zero-order valence-electron chi connectivity index (χ0n) is 35.4. The van der Waals surface area contributed by atoms with Gasteiger partial charge in [-0.05, 0) is 145 Å². The first-order chi connectivity index (χ1) is 29.7. The molecule has 2 nitrogen and oxygen atoms in total. The Morgan fingerprint density at radius 1 is 0.279 bits per heavy atom. The van der Waals surface area contributed by atoms with Crippen LogP contribution in [0.4, 0.5) is 34.1 Å². The molecule has 0 heterocycles. The Balaban J connectivity index is 0.932. The quantitative estimate of drug-likeness (QED) is 0.144. The van der Waals surface area contributed by atoms with E-state index in [2.05, 4.69) is 256 Å². The van der Waals surface area contributed by atoms with Crippen molar-refractivity contribution in [1.29, 1.82) is 0 Å². The second-order valence-electron chi connectivity index (χ2n) is 17.8. The molecule has 9 aromatic carbocycles. The molecule has 0 aromatic heterocycles. The number of para-hydroxylation sites is 1. The molecule has 296 valence electrons. The lowest BCUT2D eigenvalue weighted by molar-refractivity contribution is 0.403. The van der Waals surface area contributed by atoms with Crippen molar-refractivity contribution in [3.8, 4) is 33.4 Å². The van der Waals surface area contributed by atoms with Gasteiger partial charge < -0.3 is 9.80 Å². The fraction of sp³-hybridized carbons (Fsp3) is 0.119. The van der Waals surface area contributed by atoms with Crippen molar-refractivity contribution in [2.24, 2.45) is 0 Å². The van der Waals surface area contributed by atoms with E-state index in [4.69, 9.17) is 0 Å². The van der Waals surface area contributed by atoms with Crippen molar-refractivity contribution in [1.82, 2.24) is 0 Å². The van der Waals surface area contributed by atoms with Crippen molar-refractivity contribution >= 4 is 44.9 Å². The molecule has 0 amide bonds. The summed E-state index contributed by atoms with van der Waals surface area (Å²) in [4.78, 5) is 4.74. The van der Waals surface area contributed by atoms with E-state index in [-0.39, 0.29) is 10.8 Å². The highest BCUT2D eigenvalue weighted by atomic mass is 15.1. The topological polar surface area (TPSA) is 6.48 Å². The van der Waals surface area contributed by atoms with Crippen LogP contribution in [-0.2, 0) is 10.8 Å². The van der Waals surface area contributed by atoms with Gasteiger partial charge in [0.05, 0.1) is 0 Å². The molecule has 9 aromatic rings. The normalized spacial score (nSPS) is 13.8. The molecule has 61 heavy (non-hydrogen) atoms. The van der Waals surface area contributed by atoms with Crippen LogP contribution in [0.15, 0.2) is 218 Å². The molecule has 1 aliphatic carbocycles. The Kier molecular flexibility index (Phi) is 9.65. The summed E-state index contributed by atoms with van der Waals surface area (Å²) in [5, 5.41) is 2.47. The van der Waals surface area contributed by atoms with Crippen LogP contribution in [0.5, 0.6) is 0 Å². The molecule has 0 spiro atoms. The average Bonchev–Trinajstić information content (AvgIpc) is 3.49. The number of nitrogens with zero attached hydrogens (tertiary/aromatic N) is 2. The van der Waals surface area contributed by atoms with Gasteiger partial charge in [0.2, 0.25) is 0 Å². The van der Waals surface area contributed by atoms with E-state index in [1.807, 2.05) is 0 Å². The van der Waals surface area contributed by atoms with Crippen molar-refractivity contribution in [3.63, 3.8) is 0 Å². The van der Waals surface area contributed by atoms with Gasteiger partial charge in [0.25, 0.3) is 0 Å². The summed E-state index contributed by atoms with van der Waals surface area (Å²) in [5.41, 5.74) is 17.2. The molecule has 0 radical (unpaired) electrons. The first-order valence-corrected chi connectivity index (χ1v) is 21.5. The maximum absolute atomic E-state index is 2.44. The third-order valence-corrected chi connectivity index (χ3v) is 12.6. The van der Waals surface area contributed by atoms with Crippen LogP contribution >= 0.6 is 0 Å². The molecule has 0 saturated carbocycles. The van der Waals surface area contributed by atoms with Crippen LogP contribution < -0.4 is 9.80 Å². The molecule has 0 N–H and O–H groups in total. The van der Waals surface area contributed by atoms with Crippen LogP contribution in [0, 0.1) is 0 Å². The Bertz CT molecular complexity index is 2950. The van der Waals surface area contributed by atoms with Gasteiger partial charge in [0.15, 0.2) is 0 Å². The number of hydrogen-bond acceptors (Lipinski definition) is 2. The summed E-state index contributed by atoms with van der Waals surface area (Å²) in [7, 11) is 0. The average molecular weight is 787 g/mol. The molecular weight excluding hydrogens is 737 g/mol. The van der Waals surface area contributed by atoms with Gasteiger partial charge in [-0.1, -0.05) is 173 Å². The minimum absolute atomic E-state index is 0.107. The third-order valence-electron chi connectivity index (χ3n) is 12.6. The molecule has 0 bridgehead atoms. The Morgan fingerprint density at radius 2 is 0.623 bits per heavy atom. The number of hydrogen-bond donors (Lipinski definition) is 0. The van der Waals surface area contributed by atoms with Gasteiger partial charge in [-0.2, -0.15) is 0 Å². The number of fused-ring (bicyclic) bond motifs is 2. The van der Waals surface area contributed by atoms with E-state index < -0.39 is 0 Å². The number of anilines is 6. The molecule has 1 aliphatic rings. The van der Waals surface area contributed by atoms with E-state index >= 15 is 0 Å². The van der Waals surface area contributed by atoms with Gasteiger partial charge in [-0.15, -0.1) is 0 Å². The maximum Gasteiger partial charge on any atom is 0.0468 e. The molecule has 0 aliphatic heterocycles. The van der Waals surface area contributed by atoms with E-state index in [9.17, 15) is 0 Å². The van der Waals surface area contributed by atoms with Crippen molar-refractivity contribution < 1.29 is 0 Å². The molecule has 0 saturated heterocycles. The zero-order chi connectivity index (χ0) is 41.6. The van der Waals surface area contributed by atoms with E-state index in [1.165, 1.54) is 61.0 Å². The highest BCUT2D eigenvalue weighted by Gasteiger charge is 2.42. The van der Waals surface area contributed by atoms with Crippen molar-refractivity contribution in [2.75, 3.05) is 9.80 Å². The molecule has 2 heteroatoms. The summed E-state index contributed by atoms with van der Waals surface area (Å²) >= 11 is 0. The fourth-order valence-corrected chi connectivity index (χ4v) is 9.80. The Morgan fingerprint density at radius 3 is 1.13 bits per heavy atom. The summed E-state index contributed by atoms with van der Waals surface area (Å²) in [6, 6.07) is 79.5. The van der Waals surface area contributed by atoms with Crippen molar-refractivity contribution in [2.45, 2.75) is 44.9 Å². The summed E-state index contributed by atoms with van der Waals surface area (Å²) < 4.78 is 0. The summed E-state index contributed by atoms with van der Waals surface area (Å²) in [6.45, 7) is 9.56. The van der Waals surface area contributed by atoms with Crippen LogP contribution in [-0.4, -0.2) is 0 Å². The largest absolute Gasteiger partial charge is 0.310 e. The molecule has 0 atom stereocenters. The monoisotopic (exact) mass is 786 g/mol. The van der Waals surface area contributed by atoms with Gasteiger partial charge in [0.1, 0.15) is 0 Å². The fourth-order valence-electron chi connectivity index (χ4n) is 9.80. The minimum atomic E-state index is 0.107. The van der Waals surface area contributed by atoms with E-state index in [0.29, 0.717) is 0 Å². The van der Waals surface area contributed by atoms with Crippen molar-refractivity contribution in [3.05, 3.63) is 230 Å². The SMILES string of the molecule is CC1(C)CC(C)(C)c2cc(N(c3ccc(-c4ccccc4)cc3)c3ccc(-c4ccc(-c5ccc(N(c6ccccc6)c6ccc7ccccc7c6)cc5)cc4)cc3)ccc21. The highest BCUT2D eigenvalue weighted by Crippen LogP contribution is 2.51. The van der Waals surface area contributed by atoms with Crippen LogP contribution in [0.3, 0.4) is 0 Å². The lowest BCUT2D eigenvalue weighted by Gasteiger charge is -2.28. The lowest BCUT2D eigenvalue weighted by Crippen LogP contribution is -2.18. The number of rotatable bonds is 9. The lowest BCUT2D eigenvalue weighted by atomic mass is 9.82. The molecule has 10 rings (SSSR count). The Hall–Kier alpha value is -7.16. The predicted octanol–water partition coefficient (Wildman–Crippen LogP) is 16.7. The highest BCUT2D eigenvalue weighted by molar-refractivity contribution is 5.89. The summed E-state index contributed by atoms with van der Waals surface area (Å²) in [6.07, 6.45) is 1.14. The standard InChI is InChI=1S/C59H50N2/c1-58(2)41-59(3,4)57-40-55(37-38-56(57)58)61(52-30-23-46(24-31-52)42-13-7-5-8-14-42)53-34-27-48(28-35-53)45-21-19-44(20-22-45)47-25-32-51(33-26-47)60(50-17-9-6-10-18-50)54-36-29-43-15-11-12-16-49(43)39-54/h5-40H,41H2,1-4H3. The second-order valence-corrected chi connectivity index (χ2v) is 17.8. The Labute approximate surface area is 361 Å². The van der Waals surface area contributed by atoms with Crippen LogP contribution in [0.2, 0.25) is 0 Å². The predicted molar refractivity (Wildman–Crippen MR) is 260 cm³/mol. The molecular formula is C59H50N2. The van der Waals surface area contributed by atoms with Gasteiger partial charge in [-0.3, -0.25) is 0 Å². The molecule has 0 fully saturated rings. The zero-order valence-corrected chi connectivity index (χ0v) is 35.4. The minimum Gasteiger partial charge on any atom is -0.310 e. The summed E-state index contributed by atoms with van der Waals surface area (Å²) in [5.74, 6) is 0. The smallest absolute Gasteiger partial charge is 0.0468 e. The maximum atomic E-state index is 2.44. The van der Waals surface area contributed by atoms with Crippen LogP contribution in [0.1, 0.15) is 45.2 Å². The van der Waals surface area contributed by atoms with Gasteiger partial charge in [-0.25, -0.2) is 0 Å². The van der Waals surface area contributed by atoms with Gasteiger partial charge in [0, 0.05) is 34.1 Å². The second kappa shape index (κ2) is 15.5. The first-order valence-electron chi connectivity index (χ1n) is 21.5. The van der Waals surface area contributed by atoms with Crippen LogP contribution in [0.25, 0.3) is 44.2 Å². The number of benzene rings is 9. The third kappa shape index (κ3) is 7.40. The molecule has 0 unspecified atom stereocenters.